The van der Waals surface area contributed by atoms with Crippen molar-refractivity contribution in [2.24, 2.45) is 11.7 Å². The molecule has 1 saturated heterocycles. The molecule has 3 unspecified atom stereocenters. The normalized spacial score (nSPS) is 27.3. The molecule has 5 nitrogen and oxygen atoms in total. The highest BCUT2D eigenvalue weighted by Crippen LogP contribution is 2.22. The summed E-state index contributed by atoms with van der Waals surface area (Å²) in [5.41, 5.74) is 5.63. The minimum absolute atomic E-state index is 0.176. The van der Waals surface area contributed by atoms with E-state index in [9.17, 15) is 5.11 Å². The van der Waals surface area contributed by atoms with Crippen LogP contribution < -0.4 is 11.1 Å². The lowest BCUT2D eigenvalue weighted by atomic mass is 9.89. The minimum Gasteiger partial charge on any atom is -0.395 e. The Bertz CT molecular complexity index is 216. The van der Waals surface area contributed by atoms with Crippen molar-refractivity contribution < 1.29 is 10.2 Å². The molecular weight excluding hydrogens is 230 g/mol. The second-order valence-electron chi connectivity index (χ2n) is 5.32. The van der Waals surface area contributed by atoms with Gasteiger partial charge in [0, 0.05) is 38.8 Å². The average molecular weight is 259 g/mol. The van der Waals surface area contributed by atoms with Crippen LogP contribution in [-0.4, -0.2) is 66.6 Å². The van der Waals surface area contributed by atoms with E-state index >= 15 is 0 Å². The van der Waals surface area contributed by atoms with Gasteiger partial charge < -0.3 is 26.2 Å². The molecule has 1 aliphatic heterocycles. The number of likely N-dealkylation sites (tertiary alicyclic amines) is 1. The average Bonchev–Trinajstić information content (AvgIpc) is 2.36. The maximum Gasteiger partial charge on any atom is 0.0556 e. The number of aliphatic hydroxyl groups excluding tert-OH is 2. The topological polar surface area (TPSA) is 81.8 Å². The Morgan fingerprint density at radius 3 is 2.83 bits per heavy atom. The van der Waals surface area contributed by atoms with Crippen LogP contribution >= 0.6 is 0 Å². The highest BCUT2D eigenvalue weighted by atomic mass is 16.3. The van der Waals surface area contributed by atoms with E-state index in [0.717, 1.165) is 38.9 Å². The molecule has 5 N–H and O–H groups in total. The van der Waals surface area contributed by atoms with E-state index in [-0.39, 0.29) is 12.7 Å². The smallest absolute Gasteiger partial charge is 0.0556 e. The van der Waals surface area contributed by atoms with Crippen LogP contribution in [-0.2, 0) is 0 Å². The third-order valence-corrected chi connectivity index (χ3v) is 3.68. The van der Waals surface area contributed by atoms with Crippen LogP contribution in [0.3, 0.4) is 0 Å². The predicted molar refractivity (Wildman–Crippen MR) is 73.4 cm³/mol. The van der Waals surface area contributed by atoms with Crippen molar-refractivity contribution in [1.29, 1.82) is 0 Å². The Hall–Kier alpha value is -0.200. The maximum atomic E-state index is 9.79. The van der Waals surface area contributed by atoms with Gasteiger partial charge in [0.05, 0.1) is 12.7 Å². The summed E-state index contributed by atoms with van der Waals surface area (Å²) in [4.78, 5) is 2.37. The summed E-state index contributed by atoms with van der Waals surface area (Å²) in [5.74, 6) is 0.524. The minimum atomic E-state index is -0.189. The Balaban J connectivity index is 2.45. The molecule has 0 radical (unpaired) electrons. The van der Waals surface area contributed by atoms with E-state index in [1.165, 1.54) is 0 Å². The first-order chi connectivity index (χ1) is 8.69. The molecule has 0 bridgehead atoms. The van der Waals surface area contributed by atoms with Crippen LogP contribution in [0.5, 0.6) is 0 Å². The third-order valence-electron chi connectivity index (χ3n) is 3.68. The molecule has 0 aromatic rings. The van der Waals surface area contributed by atoms with Crippen LogP contribution in [0.4, 0.5) is 0 Å². The summed E-state index contributed by atoms with van der Waals surface area (Å²) >= 11 is 0. The standard InChI is InChI=1S/C13H29N3O2/c1-2-13(18)8-11-7-12(15-4-6-17)10-16(9-11)5-3-14/h11-13,15,17-18H,2-10,14H2,1H3. The van der Waals surface area contributed by atoms with Gasteiger partial charge in [-0.15, -0.1) is 0 Å². The second kappa shape index (κ2) is 8.82. The summed E-state index contributed by atoms with van der Waals surface area (Å²) in [5, 5.41) is 22.0. The zero-order valence-electron chi connectivity index (χ0n) is 11.5. The molecule has 3 atom stereocenters. The Morgan fingerprint density at radius 2 is 2.22 bits per heavy atom. The van der Waals surface area contributed by atoms with Gasteiger partial charge in [0.2, 0.25) is 0 Å². The molecule has 18 heavy (non-hydrogen) atoms. The van der Waals surface area contributed by atoms with E-state index in [1.54, 1.807) is 0 Å². The van der Waals surface area contributed by atoms with Crippen molar-refractivity contribution in [3.05, 3.63) is 0 Å². The lowest BCUT2D eigenvalue weighted by molar-refractivity contribution is 0.0841. The fraction of sp³-hybridized carbons (Fsp3) is 1.00. The Labute approximate surface area is 110 Å². The van der Waals surface area contributed by atoms with Gasteiger partial charge in [-0.25, -0.2) is 0 Å². The lowest BCUT2D eigenvalue weighted by Crippen LogP contribution is -2.51. The van der Waals surface area contributed by atoms with Crippen molar-refractivity contribution in [2.45, 2.75) is 38.3 Å². The highest BCUT2D eigenvalue weighted by Gasteiger charge is 2.27. The van der Waals surface area contributed by atoms with E-state index in [1.807, 2.05) is 6.92 Å². The van der Waals surface area contributed by atoms with Gasteiger partial charge in [0.15, 0.2) is 0 Å². The van der Waals surface area contributed by atoms with Crippen molar-refractivity contribution in [1.82, 2.24) is 10.2 Å². The first-order valence-electron chi connectivity index (χ1n) is 7.14. The van der Waals surface area contributed by atoms with Gasteiger partial charge in [-0.1, -0.05) is 6.92 Å². The van der Waals surface area contributed by atoms with Gasteiger partial charge in [0.25, 0.3) is 0 Å². The van der Waals surface area contributed by atoms with Gasteiger partial charge in [-0.05, 0) is 25.2 Å². The van der Waals surface area contributed by atoms with Gasteiger partial charge in [0.1, 0.15) is 0 Å². The number of nitrogens with zero attached hydrogens (tertiary/aromatic N) is 1. The fourth-order valence-electron chi connectivity index (χ4n) is 2.81. The number of hydrogen-bond donors (Lipinski definition) is 4. The van der Waals surface area contributed by atoms with Gasteiger partial charge >= 0.3 is 0 Å². The first kappa shape index (κ1) is 15.9. The zero-order chi connectivity index (χ0) is 13.4. The lowest BCUT2D eigenvalue weighted by Gasteiger charge is -2.38. The second-order valence-corrected chi connectivity index (χ2v) is 5.32. The van der Waals surface area contributed by atoms with Crippen LogP contribution in [0.2, 0.25) is 0 Å². The van der Waals surface area contributed by atoms with Crippen molar-refractivity contribution in [3.8, 4) is 0 Å². The van der Waals surface area contributed by atoms with E-state index in [2.05, 4.69) is 10.2 Å². The molecule has 1 aliphatic rings. The molecule has 0 aliphatic carbocycles. The largest absolute Gasteiger partial charge is 0.395 e. The number of piperidine rings is 1. The molecule has 1 heterocycles. The summed E-state index contributed by atoms with van der Waals surface area (Å²) in [6, 6.07) is 0.409. The number of hydrogen-bond acceptors (Lipinski definition) is 5. The summed E-state index contributed by atoms with van der Waals surface area (Å²) in [6.07, 6.45) is 2.58. The summed E-state index contributed by atoms with van der Waals surface area (Å²) < 4.78 is 0. The van der Waals surface area contributed by atoms with Crippen LogP contribution in [0, 0.1) is 5.92 Å². The van der Waals surface area contributed by atoms with Crippen LogP contribution in [0.1, 0.15) is 26.2 Å². The maximum absolute atomic E-state index is 9.79. The van der Waals surface area contributed by atoms with Crippen LogP contribution in [0.25, 0.3) is 0 Å². The summed E-state index contributed by atoms with van der Waals surface area (Å²) in [6.45, 7) is 6.46. The molecule has 1 fully saturated rings. The van der Waals surface area contributed by atoms with Gasteiger partial charge in [-0.3, -0.25) is 0 Å². The quantitative estimate of drug-likeness (QED) is 0.467. The number of aliphatic hydroxyl groups is 2. The molecular formula is C13H29N3O2. The van der Waals surface area contributed by atoms with Crippen molar-refractivity contribution in [2.75, 3.05) is 39.3 Å². The SMILES string of the molecule is CCC(O)CC1CC(NCCO)CN(CCN)C1. The van der Waals surface area contributed by atoms with E-state index < -0.39 is 0 Å². The number of rotatable bonds is 8. The molecule has 1 rings (SSSR count). The van der Waals surface area contributed by atoms with E-state index in [4.69, 9.17) is 10.8 Å². The first-order valence-corrected chi connectivity index (χ1v) is 7.14. The van der Waals surface area contributed by atoms with Crippen molar-refractivity contribution in [3.63, 3.8) is 0 Å². The highest BCUT2D eigenvalue weighted by molar-refractivity contribution is 4.84. The van der Waals surface area contributed by atoms with Crippen molar-refractivity contribution >= 4 is 0 Å². The predicted octanol–water partition coefficient (Wildman–Crippen LogP) is -0.621. The number of nitrogens with two attached hydrogens (primary N) is 1. The van der Waals surface area contributed by atoms with Crippen LogP contribution in [0.15, 0.2) is 0 Å². The molecule has 0 saturated carbocycles. The third kappa shape index (κ3) is 5.63. The molecule has 0 spiro atoms. The fourth-order valence-corrected chi connectivity index (χ4v) is 2.81. The molecule has 0 aromatic carbocycles. The molecule has 0 amide bonds. The monoisotopic (exact) mass is 259 g/mol. The molecule has 0 aromatic heterocycles. The Morgan fingerprint density at radius 1 is 1.44 bits per heavy atom. The summed E-state index contributed by atoms with van der Waals surface area (Å²) in [7, 11) is 0. The van der Waals surface area contributed by atoms with E-state index in [0.29, 0.717) is 25.0 Å². The molecule has 5 heteroatoms. The zero-order valence-corrected chi connectivity index (χ0v) is 11.5. The molecule has 108 valence electrons. The number of nitrogens with one attached hydrogen (secondary N) is 1. The van der Waals surface area contributed by atoms with Gasteiger partial charge in [-0.2, -0.15) is 0 Å². The Kier molecular flexibility index (Phi) is 7.77.